The molecule has 2 aliphatic heterocycles. The number of nitrogens with one attached hydrogen (secondary N) is 1. The minimum Gasteiger partial charge on any atom is -0.314 e. The number of hydrogen-bond acceptors (Lipinski definition) is 3. The smallest absolute Gasteiger partial charge is 0.243 e. The first kappa shape index (κ1) is 16.9. The van der Waals surface area contributed by atoms with Gasteiger partial charge in [-0.05, 0) is 70.0 Å². The summed E-state index contributed by atoms with van der Waals surface area (Å²) in [5.41, 5.74) is 2.84. The van der Waals surface area contributed by atoms with Gasteiger partial charge >= 0.3 is 0 Å². The standard InChI is InChI=1S/C18H28N2O2S/c1-13-11-14(2)18(15(3)12-13)23(21,22)20-9-6-16(7-10-20)17-5-4-8-19-17/h11-12,16-17,19H,4-10H2,1-3H3. The van der Waals surface area contributed by atoms with E-state index in [1.165, 1.54) is 12.8 Å². The zero-order valence-electron chi connectivity index (χ0n) is 14.4. The lowest BCUT2D eigenvalue weighted by Gasteiger charge is -2.34. The molecular formula is C18H28N2O2S. The first-order chi connectivity index (χ1) is 10.9. The van der Waals surface area contributed by atoms with Gasteiger partial charge in [-0.25, -0.2) is 8.42 Å². The van der Waals surface area contributed by atoms with Crippen molar-refractivity contribution in [1.29, 1.82) is 0 Å². The lowest BCUT2D eigenvalue weighted by molar-refractivity contribution is 0.234. The van der Waals surface area contributed by atoms with E-state index in [9.17, 15) is 8.42 Å². The van der Waals surface area contributed by atoms with Crippen LogP contribution >= 0.6 is 0 Å². The van der Waals surface area contributed by atoms with Gasteiger partial charge in [0, 0.05) is 19.1 Å². The fraction of sp³-hybridized carbons (Fsp3) is 0.667. The fourth-order valence-electron chi connectivity index (χ4n) is 4.34. The summed E-state index contributed by atoms with van der Waals surface area (Å²) < 4.78 is 27.9. The van der Waals surface area contributed by atoms with E-state index in [2.05, 4.69) is 5.32 Å². The van der Waals surface area contributed by atoms with Crippen LogP contribution in [0.5, 0.6) is 0 Å². The highest BCUT2D eigenvalue weighted by Gasteiger charge is 2.34. The van der Waals surface area contributed by atoms with Crippen LogP contribution in [0.25, 0.3) is 0 Å². The highest BCUT2D eigenvalue weighted by atomic mass is 32.2. The maximum absolute atomic E-state index is 13.1. The molecule has 2 aliphatic rings. The molecule has 2 fully saturated rings. The number of sulfonamides is 1. The van der Waals surface area contributed by atoms with Crippen LogP contribution in [-0.2, 0) is 10.0 Å². The Kier molecular flexibility index (Phi) is 4.81. The van der Waals surface area contributed by atoms with Crippen LogP contribution in [0.3, 0.4) is 0 Å². The Bertz CT molecular complexity index is 647. The first-order valence-electron chi connectivity index (χ1n) is 8.71. The van der Waals surface area contributed by atoms with Crippen LogP contribution in [0.4, 0.5) is 0 Å². The van der Waals surface area contributed by atoms with E-state index in [0.717, 1.165) is 36.1 Å². The van der Waals surface area contributed by atoms with Crippen LogP contribution < -0.4 is 5.32 Å². The highest BCUT2D eigenvalue weighted by Crippen LogP contribution is 2.31. The van der Waals surface area contributed by atoms with Gasteiger partial charge in [-0.15, -0.1) is 0 Å². The molecule has 0 aromatic heterocycles. The molecule has 1 unspecified atom stereocenters. The van der Waals surface area contributed by atoms with Gasteiger partial charge in [0.05, 0.1) is 4.90 Å². The average Bonchev–Trinajstić information content (AvgIpc) is 3.00. The van der Waals surface area contributed by atoms with Crippen LogP contribution in [0.2, 0.25) is 0 Å². The lowest BCUT2D eigenvalue weighted by atomic mass is 9.89. The van der Waals surface area contributed by atoms with Gasteiger partial charge in [0.15, 0.2) is 0 Å². The molecule has 0 aliphatic carbocycles. The number of rotatable bonds is 3. The van der Waals surface area contributed by atoms with E-state index in [0.29, 0.717) is 29.9 Å². The Morgan fingerprint density at radius 1 is 1.04 bits per heavy atom. The van der Waals surface area contributed by atoms with Crippen LogP contribution in [0.1, 0.15) is 42.4 Å². The molecule has 4 nitrogen and oxygen atoms in total. The predicted molar refractivity (Wildman–Crippen MR) is 93.2 cm³/mol. The molecule has 1 aromatic rings. The maximum atomic E-state index is 13.1. The molecule has 128 valence electrons. The van der Waals surface area contributed by atoms with Crippen molar-refractivity contribution in [2.75, 3.05) is 19.6 Å². The molecule has 0 amide bonds. The zero-order valence-corrected chi connectivity index (χ0v) is 15.2. The van der Waals surface area contributed by atoms with Crippen molar-refractivity contribution in [3.63, 3.8) is 0 Å². The van der Waals surface area contributed by atoms with Crippen molar-refractivity contribution in [1.82, 2.24) is 9.62 Å². The van der Waals surface area contributed by atoms with Gasteiger partial charge in [0.2, 0.25) is 10.0 Å². The Balaban J connectivity index is 1.77. The molecular weight excluding hydrogens is 308 g/mol. The summed E-state index contributed by atoms with van der Waals surface area (Å²) in [4.78, 5) is 0.514. The quantitative estimate of drug-likeness (QED) is 0.923. The van der Waals surface area contributed by atoms with Gasteiger partial charge < -0.3 is 5.32 Å². The molecule has 2 heterocycles. The normalized spacial score (nSPS) is 24.2. The summed E-state index contributed by atoms with van der Waals surface area (Å²) in [6.07, 6.45) is 4.44. The largest absolute Gasteiger partial charge is 0.314 e. The highest BCUT2D eigenvalue weighted by molar-refractivity contribution is 7.89. The Labute approximate surface area is 140 Å². The van der Waals surface area contributed by atoms with E-state index >= 15 is 0 Å². The van der Waals surface area contributed by atoms with Crippen molar-refractivity contribution in [2.45, 2.75) is 57.4 Å². The summed E-state index contributed by atoms with van der Waals surface area (Å²) in [6, 6.07) is 4.53. The Morgan fingerprint density at radius 3 is 2.17 bits per heavy atom. The summed E-state index contributed by atoms with van der Waals surface area (Å²) in [6.45, 7) is 8.24. The third-order valence-corrected chi connectivity index (χ3v) is 7.57. The second kappa shape index (κ2) is 6.54. The summed E-state index contributed by atoms with van der Waals surface area (Å²) >= 11 is 0. The Hall–Kier alpha value is -0.910. The summed E-state index contributed by atoms with van der Waals surface area (Å²) in [7, 11) is -3.37. The molecule has 3 rings (SSSR count). The molecule has 5 heteroatoms. The van der Waals surface area contributed by atoms with Gasteiger partial charge in [0.1, 0.15) is 0 Å². The molecule has 2 saturated heterocycles. The zero-order chi connectivity index (χ0) is 16.6. The van der Waals surface area contributed by atoms with Gasteiger partial charge in [-0.2, -0.15) is 4.31 Å². The van der Waals surface area contributed by atoms with E-state index in [1.54, 1.807) is 4.31 Å². The number of benzene rings is 1. The topological polar surface area (TPSA) is 49.4 Å². The molecule has 1 atom stereocenters. The average molecular weight is 337 g/mol. The third kappa shape index (κ3) is 3.32. The van der Waals surface area contributed by atoms with E-state index in [-0.39, 0.29) is 0 Å². The van der Waals surface area contributed by atoms with Gasteiger partial charge in [-0.3, -0.25) is 0 Å². The minimum absolute atomic E-state index is 0.514. The Morgan fingerprint density at radius 2 is 1.65 bits per heavy atom. The third-order valence-electron chi connectivity index (χ3n) is 5.37. The summed E-state index contributed by atoms with van der Waals surface area (Å²) in [5.74, 6) is 0.629. The molecule has 0 radical (unpaired) electrons. The fourth-order valence-corrected chi connectivity index (χ4v) is 6.22. The van der Waals surface area contributed by atoms with Crippen LogP contribution in [0, 0.1) is 26.7 Å². The van der Waals surface area contributed by atoms with Crippen molar-refractivity contribution < 1.29 is 8.42 Å². The summed E-state index contributed by atoms with van der Waals surface area (Å²) in [5, 5.41) is 3.57. The molecule has 1 aromatic carbocycles. The second-order valence-electron chi connectivity index (χ2n) is 7.17. The van der Waals surface area contributed by atoms with Crippen molar-refractivity contribution in [2.24, 2.45) is 5.92 Å². The van der Waals surface area contributed by atoms with Crippen LogP contribution in [-0.4, -0.2) is 38.4 Å². The molecule has 23 heavy (non-hydrogen) atoms. The SMILES string of the molecule is Cc1cc(C)c(S(=O)(=O)N2CCC(C3CCCN3)CC2)c(C)c1. The number of aryl methyl sites for hydroxylation is 3. The van der Waals surface area contributed by atoms with Gasteiger partial charge in [0.25, 0.3) is 0 Å². The lowest BCUT2D eigenvalue weighted by Crippen LogP contribution is -2.43. The van der Waals surface area contributed by atoms with E-state index in [4.69, 9.17) is 0 Å². The van der Waals surface area contributed by atoms with Crippen molar-refractivity contribution >= 4 is 10.0 Å². The predicted octanol–water partition coefficient (Wildman–Crippen LogP) is 2.76. The van der Waals surface area contributed by atoms with E-state index < -0.39 is 10.0 Å². The molecule has 1 N–H and O–H groups in total. The second-order valence-corrected chi connectivity index (χ2v) is 9.05. The van der Waals surface area contributed by atoms with Crippen molar-refractivity contribution in [3.05, 3.63) is 28.8 Å². The van der Waals surface area contributed by atoms with Crippen LogP contribution in [0.15, 0.2) is 17.0 Å². The number of nitrogens with zero attached hydrogens (tertiary/aromatic N) is 1. The van der Waals surface area contributed by atoms with Gasteiger partial charge in [-0.1, -0.05) is 17.7 Å². The maximum Gasteiger partial charge on any atom is 0.243 e. The number of piperidine rings is 1. The van der Waals surface area contributed by atoms with E-state index in [1.807, 2.05) is 32.9 Å². The van der Waals surface area contributed by atoms with Crippen molar-refractivity contribution in [3.8, 4) is 0 Å². The monoisotopic (exact) mass is 336 g/mol. The first-order valence-corrected chi connectivity index (χ1v) is 10.1. The molecule has 0 saturated carbocycles. The minimum atomic E-state index is -3.37. The molecule has 0 bridgehead atoms. The molecule has 0 spiro atoms. The number of hydrogen-bond donors (Lipinski definition) is 1.